The van der Waals surface area contributed by atoms with Crippen LogP contribution in [-0.2, 0) is 34.0 Å². The normalized spacial score (nSPS) is 23.5. The molecule has 2 aliphatic heterocycles. The second-order valence-corrected chi connectivity index (χ2v) is 12.0. The summed E-state index contributed by atoms with van der Waals surface area (Å²) in [6.45, 7) is 7.05. The lowest BCUT2D eigenvalue weighted by molar-refractivity contribution is -0.145. The number of hydrogen-bond donors (Lipinski definition) is 1. The molecule has 0 amide bonds. The van der Waals surface area contributed by atoms with Gasteiger partial charge in [0.25, 0.3) is 0 Å². The van der Waals surface area contributed by atoms with E-state index in [9.17, 15) is 26.4 Å². The molecule has 0 radical (unpaired) electrons. The average Bonchev–Trinajstić information content (AvgIpc) is 2.65. The van der Waals surface area contributed by atoms with Crippen molar-refractivity contribution in [2.24, 2.45) is 23.7 Å². The number of carbonyl (C=O) groups is 2. The summed E-state index contributed by atoms with van der Waals surface area (Å²) in [6.07, 6.45) is 4.86. The summed E-state index contributed by atoms with van der Waals surface area (Å²) < 4.78 is 49.3. The van der Waals surface area contributed by atoms with Crippen molar-refractivity contribution < 1.29 is 36.3 Å². The van der Waals surface area contributed by atoms with Gasteiger partial charge in [0.1, 0.15) is 19.7 Å². The van der Waals surface area contributed by atoms with E-state index in [-0.39, 0.29) is 46.7 Å². The van der Waals surface area contributed by atoms with Crippen molar-refractivity contribution in [1.29, 1.82) is 0 Å². The molecule has 2 fully saturated rings. The number of esters is 1. The van der Waals surface area contributed by atoms with Gasteiger partial charge in [0.05, 0.1) is 42.0 Å². The van der Waals surface area contributed by atoms with Gasteiger partial charge in [-0.15, -0.1) is 13.2 Å². The number of methoxy groups -OCH3 is 1. The van der Waals surface area contributed by atoms with Gasteiger partial charge in [-0.25, -0.2) is 16.8 Å². The van der Waals surface area contributed by atoms with Gasteiger partial charge < -0.3 is 9.84 Å². The predicted molar refractivity (Wildman–Crippen MR) is 110 cm³/mol. The Labute approximate surface area is 172 Å². The number of carbonyl (C=O) groups excluding carboxylic acids is 1. The second-order valence-electron chi connectivity index (χ2n) is 7.36. The molecule has 2 unspecified atom stereocenters. The first kappa shape index (κ1) is 25.4. The predicted octanol–water partition coefficient (Wildman–Crippen LogP) is 1.48. The lowest BCUT2D eigenvalue weighted by Gasteiger charge is -2.26. The Morgan fingerprint density at radius 2 is 1.21 bits per heavy atom. The minimum Gasteiger partial charge on any atom is -0.481 e. The van der Waals surface area contributed by atoms with Crippen molar-refractivity contribution in [2.45, 2.75) is 25.7 Å². The van der Waals surface area contributed by atoms with E-state index in [1.54, 1.807) is 6.08 Å². The highest BCUT2D eigenvalue weighted by molar-refractivity contribution is 7.91. The standard InChI is InChI=1S/C10H16O4S.C9H14O4S/c1-3-9(10(11)14-2)8-4-6-15(12,13)7-5-8;1-2-8(9(10)11)7-3-5-14(12,13)6-4-7/h3,8-9H,1,4-7H2,2H3;2,7-8H,1,3-6H2,(H,10,11). The molecule has 2 rings (SSSR count). The summed E-state index contributed by atoms with van der Waals surface area (Å²) in [7, 11) is -4.45. The van der Waals surface area contributed by atoms with Crippen LogP contribution in [0.15, 0.2) is 25.3 Å². The van der Waals surface area contributed by atoms with Gasteiger partial charge in [0.2, 0.25) is 0 Å². The molecule has 10 heteroatoms. The summed E-state index contributed by atoms with van der Waals surface area (Å²) in [5.41, 5.74) is 0. The van der Waals surface area contributed by atoms with E-state index >= 15 is 0 Å². The lowest BCUT2D eigenvalue weighted by Crippen LogP contribution is -2.31. The van der Waals surface area contributed by atoms with Crippen molar-refractivity contribution in [3.63, 3.8) is 0 Å². The maximum absolute atomic E-state index is 11.4. The molecular formula is C19H30O8S2. The van der Waals surface area contributed by atoms with Gasteiger partial charge in [-0.3, -0.25) is 9.59 Å². The van der Waals surface area contributed by atoms with Gasteiger partial charge in [0.15, 0.2) is 0 Å². The minimum absolute atomic E-state index is 0.0541. The van der Waals surface area contributed by atoms with E-state index in [4.69, 9.17) is 5.11 Å². The van der Waals surface area contributed by atoms with Crippen LogP contribution in [-0.4, -0.2) is 64.0 Å². The van der Waals surface area contributed by atoms with Crippen molar-refractivity contribution in [3.8, 4) is 0 Å². The molecular weight excluding hydrogens is 420 g/mol. The fraction of sp³-hybridized carbons (Fsp3) is 0.684. The molecule has 2 heterocycles. The summed E-state index contributed by atoms with van der Waals surface area (Å²) in [5.74, 6) is -1.69. The summed E-state index contributed by atoms with van der Waals surface area (Å²) in [4.78, 5) is 22.1. The smallest absolute Gasteiger partial charge is 0.312 e. The van der Waals surface area contributed by atoms with E-state index in [1.165, 1.54) is 13.2 Å². The largest absolute Gasteiger partial charge is 0.481 e. The molecule has 29 heavy (non-hydrogen) atoms. The second kappa shape index (κ2) is 10.9. The van der Waals surface area contributed by atoms with E-state index in [1.807, 2.05) is 0 Å². The molecule has 0 bridgehead atoms. The molecule has 166 valence electrons. The number of sulfone groups is 2. The fourth-order valence-corrected chi connectivity index (χ4v) is 6.70. The molecule has 0 aromatic rings. The zero-order valence-electron chi connectivity index (χ0n) is 16.7. The SMILES string of the molecule is C=CC(C(=O)O)C1CCS(=O)(=O)CC1.C=CC(C(=O)OC)C1CCS(=O)(=O)CC1. The van der Waals surface area contributed by atoms with E-state index in [2.05, 4.69) is 17.9 Å². The summed E-state index contributed by atoms with van der Waals surface area (Å²) in [5, 5.41) is 8.83. The number of rotatable bonds is 6. The van der Waals surface area contributed by atoms with E-state index < -0.39 is 31.6 Å². The number of carboxylic acids is 1. The van der Waals surface area contributed by atoms with Gasteiger partial charge in [-0.1, -0.05) is 12.2 Å². The molecule has 2 saturated heterocycles. The Bertz CT molecular complexity index is 785. The van der Waals surface area contributed by atoms with Crippen LogP contribution in [0.25, 0.3) is 0 Å². The van der Waals surface area contributed by atoms with Crippen LogP contribution in [0.4, 0.5) is 0 Å². The van der Waals surface area contributed by atoms with E-state index in [0.29, 0.717) is 25.7 Å². The zero-order chi connectivity index (χ0) is 22.2. The zero-order valence-corrected chi connectivity index (χ0v) is 18.3. The Morgan fingerprint density at radius 3 is 1.48 bits per heavy atom. The van der Waals surface area contributed by atoms with Gasteiger partial charge in [-0.05, 0) is 37.5 Å². The lowest BCUT2D eigenvalue weighted by atomic mass is 9.87. The van der Waals surface area contributed by atoms with Crippen LogP contribution < -0.4 is 0 Å². The summed E-state index contributed by atoms with van der Waals surface area (Å²) in [6, 6.07) is 0. The molecule has 2 aliphatic rings. The van der Waals surface area contributed by atoms with Crippen LogP contribution in [0.2, 0.25) is 0 Å². The van der Waals surface area contributed by atoms with Crippen molar-refractivity contribution in [3.05, 3.63) is 25.3 Å². The third kappa shape index (κ3) is 7.93. The summed E-state index contributed by atoms with van der Waals surface area (Å²) >= 11 is 0. The highest BCUT2D eigenvalue weighted by Crippen LogP contribution is 2.28. The first-order chi connectivity index (χ1) is 13.5. The maximum Gasteiger partial charge on any atom is 0.312 e. The van der Waals surface area contributed by atoms with Crippen molar-refractivity contribution >= 4 is 31.6 Å². The molecule has 0 spiro atoms. The fourth-order valence-electron chi connectivity index (χ4n) is 3.65. The Hall–Kier alpha value is -1.68. The first-order valence-corrected chi connectivity index (χ1v) is 13.1. The molecule has 2 atom stereocenters. The number of hydrogen-bond acceptors (Lipinski definition) is 7. The third-order valence-electron chi connectivity index (χ3n) is 5.48. The van der Waals surface area contributed by atoms with Crippen LogP contribution in [0.3, 0.4) is 0 Å². The Kier molecular flexibility index (Phi) is 9.54. The number of aliphatic carboxylic acids is 1. The van der Waals surface area contributed by atoms with Crippen LogP contribution >= 0.6 is 0 Å². The quantitative estimate of drug-likeness (QED) is 0.475. The first-order valence-electron chi connectivity index (χ1n) is 9.43. The molecule has 0 aromatic heterocycles. The Balaban J connectivity index is 0.000000291. The van der Waals surface area contributed by atoms with Crippen molar-refractivity contribution in [1.82, 2.24) is 0 Å². The van der Waals surface area contributed by atoms with Gasteiger partial charge >= 0.3 is 11.9 Å². The third-order valence-corrected chi connectivity index (χ3v) is 8.91. The number of ether oxygens (including phenoxy) is 1. The maximum atomic E-state index is 11.4. The molecule has 0 aliphatic carbocycles. The van der Waals surface area contributed by atoms with Crippen LogP contribution in [0.5, 0.6) is 0 Å². The highest BCUT2D eigenvalue weighted by atomic mass is 32.2. The average molecular weight is 451 g/mol. The Morgan fingerprint density at radius 1 is 0.862 bits per heavy atom. The highest BCUT2D eigenvalue weighted by Gasteiger charge is 2.33. The van der Waals surface area contributed by atoms with Gasteiger partial charge in [0, 0.05) is 0 Å². The topological polar surface area (TPSA) is 132 Å². The molecule has 0 aromatic carbocycles. The molecule has 0 saturated carbocycles. The van der Waals surface area contributed by atoms with Crippen LogP contribution in [0.1, 0.15) is 25.7 Å². The molecule has 1 N–H and O–H groups in total. The monoisotopic (exact) mass is 450 g/mol. The van der Waals surface area contributed by atoms with Gasteiger partial charge in [-0.2, -0.15) is 0 Å². The molecule has 8 nitrogen and oxygen atoms in total. The van der Waals surface area contributed by atoms with Crippen LogP contribution in [0, 0.1) is 23.7 Å². The van der Waals surface area contributed by atoms with Crippen molar-refractivity contribution in [2.75, 3.05) is 30.1 Å². The van der Waals surface area contributed by atoms with E-state index in [0.717, 1.165) is 0 Å². The minimum atomic E-state index is -2.91. The number of carboxylic acid groups (broad SMARTS) is 1.